The van der Waals surface area contributed by atoms with Crippen LogP contribution < -0.4 is 5.32 Å². The summed E-state index contributed by atoms with van der Waals surface area (Å²) in [6.45, 7) is 1.43. The summed E-state index contributed by atoms with van der Waals surface area (Å²) in [6.07, 6.45) is 1.52. The summed E-state index contributed by atoms with van der Waals surface area (Å²) in [5.74, 6) is -0.726. The molecule has 0 aliphatic heterocycles. The normalized spacial score (nSPS) is 10.8. The number of pyridine rings is 1. The number of carbonyl (C=O) groups is 1. The van der Waals surface area contributed by atoms with Crippen molar-refractivity contribution in [2.75, 3.05) is 5.32 Å². The standard InChI is InChI=1S/C14H9ClFN3OS/c1-7(20)18-14-19-11-3-2-8(5-12(11)21-14)9-4-10(16)13(15)17-6-9/h2-6H,1H3,(H,18,19,20). The Bertz CT molecular complexity index is 849. The van der Waals surface area contributed by atoms with Crippen molar-refractivity contribution in [3.63, 3.8) is 0 Å². The molecule has 21 heavy (non-hydrogen) atoms. The Hall–Kier alpha value is -2.05. The van der Waals surface area contributed by atoms with Gasteiger partial charge in [-0.05, 0) is 23.8 Å². The van der Waals surface area contributed by atoms with Gasteiger partial charge in [-0.2, -0.15) is 0 Å². The van der Waals surface area contributed by atoms with E-state index in [0.29, 0.717) is 10.7 Å². The van der Waals surface area contributed by atoms with Gasteiger partial charge in [0.1, 0.15) is 0 Å². The number of amides is 1. The van der Waals surface area contributed by atoms with Gasteiger partial charge in [-0.25, -0.2) is 14.4 Å². The quantitative estimate of drug-likeness (QED) is 0.723. The maximum atomic E-state index is 13.5. The van der Waals surface area contributed by atoms with E-state index < -0.39 is 5.82 Å². The first-order chi connectivity index (χ1) is 10.0. The van der Waals surface area contributed by atoms with Crippen LogP contribution in [-0.4, -0.2) is 15.9 Å². The maximum absolute atomic E-state index is 13.5. The first-order valence-electron chi connectivity index (χ1n) is 6.02. The predicted molar refractivity (Wildman–Crippen MR) is 82.1 cm³/mol. The number of hydrogen-bond acceptors (Lipinski definition) is 4. The topological polar surface area (TPSA) is 54.9 Å². The molecular weight excluding hydrogens is 313 g/mol. The second kappa shape index (κ2) is 5.38. The lowest BCUT2D eigenvalue weighted by Gasteiger charge is -2.02. The monoisotopic (exact) mass is 321 g/mol. The minimum absolute atomic E-state index is 0.148. The van der Waals surface area contributed by atoms with Crippen LogP contribution in [0.1, 0.15) is 6.92 Å². The molecule has 0 bridgehead atoms. The smallest absolute Gasteiger partial charge is 0.223 e. The number of benzene rings is 1. The predicted octanol–water partition coefficient (Wildman–Crippen LogP) is 4.11. The van der Waals surface area contributed by atoms with E-state index in [-0.39, 0.29) is 11.1 Å². The molecule has 0 unspecified atom stereocenters. The van der Waals surface area contributed by atoms with E-state index in [1.54, 1.807) is 0 Å². The van der Waals surface area contributed by atoms with Gasteiger partial charge in [-0.3, -0.25) is 4.79 Å². The average Bonchev–Trinajstić information content (AvgIpc) is 2.82. The van der Waals surface area contributed by atoms with E-state index in [2.05, 4.69) is 15.3 Å². The van der Waals surface area contributed by atoms with Crippen LogP contribution in [0.2, 0.25) is 5.15 Å². The van der Waals surface area contributed by atoms with E-state index in [4.69, 9.17) is 11.6 Å². The van der Waals surface area contributed by atoms with Crippen LogP contribution >= 0.6 is 22.9 Å². The number of carbonyl (C=O) groups excluding carboxylic acids is 1. The Morgan fingerprint density at radius 3 is 2.86 bits per heavy atom. The molecule has 0 fully saturated rings. The summed E-state index contributed by atoms with van der Waals surface area (Å²) < 4.78 is 14.4. The number of thiazole rings is 1. The number of hydrogen-bond donors (Lipinski definition) is 1. The van der Waals surface area contributed by atoms with Crippen LogP contribution in [-0.2, 0) is 4.79 Å². The van der Waals surface area contributed by atoms with Gasteiger partial charge in [0.2, 0.25) is 5.91 Å². The molecule has 2 heterocycles. The Morgan fingerprint density at radius 1 is 1.33 bits per heavy atom. The minimum Gasteiger partial charge on any atom is -0.302 e. The third-order valence-electron chi connectivity index (χ3n) is 2.80. The van der Waals surface area contributed by atoms with E-state index in [1.165, 1.54) is 30.5 Å². The zero-order chi connectivity index (χ0) is 15.0. The molecule has 0 saturated heterocycles. The van der Waals surface area contributed by atoms with Crippen LogP contribution in [0, 0.1) is 5.82 Å². The first kappa shape index (κ1) is 13.9. The Kier molecular flexibility index (Phi) is 3.57. The van der Waals surface area contributed by atoms with Crippen molar-refractivity contribution in [3.8, 4) is 11.1 Å². The largest absolute Gasteiger partial charge is 0.302 e. The summed E-state index contributed by atoms with van der Waals surface area (Å²) in [5.41, 5.74) is 2.21. The maximum Gasteiger partial charge on any atom is 0.223 e. The number of nitrogens with one attached hydrogen (secondary N) is 1. The number of fused-ring (bicyclic) bond motifs is 1. The molecule has 2 aromatic heterocycles. The molecule has 0 aliphatic rings. The highest BCUT2D eigenvalue weighted by Crippen LogP contribution is 2.31. The van der Waals surface area contributed by atoms with Crippen LogP contribution in [0.3, 0.4) is 0 Å². The van der Waals surface area contributed by atoms with Crippen molar-refractivity contribution in [2.24, 2.45) is 0 Å². The van der Waals surface area contributed by atoms with Crippen molar-refractivity contribution in [2.45, 2.75) is 6.92 Å². The van der Waals surface area contributed by atoms with Crippen LogP contribution in [0.4, 0.5) is 9.52 Å². The molecular formula is C14H9ClFN3OS. The van der Waals surface area contributed by atoms with Crippen LogP contribution in [0.5, 0.6) is 0 Å². The summed E-state index contributed by atoms with van der Waals surface area (Å²) in [5, 5.41) is 3.04. The highest BCUT2D eigenvalue weighted by atomic mass is 35.5. The fourth-order valence-corrected chi connectivity index (χ4v) is 2.94. The molecule has 4 nitrogen and oxygen atoms in total. The fraction of sp³-hybridized carbons (Fsp3) is 0.0714. The molecule has 0 atom stereocenters. The zero-order valence-corrected chi connectivity index (χ0v) is 12.4. The fourth-order valence-electron chi connectivity index (χ4n) is 1.89. The number of anilines is 1. The van der Waals surface area contributed by atoms with E-state index in [9.17, 15) is 9.18 Å². The Labute approximate surface area is 128 Å². The summed E-state index contributed by atoms with van der Waals surface area (Å²) in [4.78, 5) is 19.1. The van der Waals surface area contributed by atoms with Gasteiger partial charge in [0.15, 0.2) is 16.1 Å². The molecule has 1 aromatic carbocycles. The summed E-state index contributed by atoms with van der Waals surface area (Å²) >= 11 is 6.94. The van der Waals surface area contributed by atoms with Crippen molar-refractivity contribution >= 4 is 44.2 Å². The summed E-state index contributed by atoms with van der Waals surface area (Å²) in [6, 6.07) is 6.86. The molecule has 1 amide bonds. The number of nitrogens with zero attached hydrogens (tertiary/aromatic N) is 2. The molecule has 106 valence electrons. The number of halogens is 2. The van der Waals surface area contributed by atoms with Crippen molar-refractivity contribution in [1.82, 2.24) is 9.97 Å². The van der Waals surface area contributed by atoms with Crippen molar-refractivity contribution in [1.29, 1.82) is 0 Å². The number of aromatic nitrogens is 2. The lowest BCUT2D eigenvalue weighted by atomic mass is 10.1. The first-order valence-corrected chi connectivity index (χ1v) is 7.22. The third kappa shape index (κ3) is 2.86. The second-order valence-electron chi connectivity index (χ2n) is 4.38. The highest BCUT2D eigenvalue weighted by Gasteiger charge is 2.09. The molecule has 0 saturated carbocycles. The third-order valence-corrected chi connectivity index (χ3v) is 4.01. The van der Waals surface area contributed by atoms with Crippen LogP contribution in [0.25, 0.3) is 21.3 Å². The molecule has 0 radical (unpaired) electrons. The molecule has 0 spiro atoms. The van der Waals surface area contributed by atoms with Gasteiger partial charge in [0.25, 0.3) is 0 Å². The van der Waals surface area contributed by atoms with E-state index in [0.717, 1.165) is 15.8 Å². The van der Waals surface area contributed by atoms with Gasteiger partial charge in [0.05, 0.1) is 10.2 Å². The molecule has 3 rings (SSSR count). The molecule has 1 N–H and O–H groups in total. The van der Waals surface area contributed by atoms with Gasteiger partial charge in [0, 0.05) is 18.7 Å². The lowest BCUT2D eigenvalue weighted by molar-refractivity contribution is -0.114. The number of rotatable bonds is 2. The van der Waals surface area contributed by atoms with Crippen LogP contribution in [0.15, 0.2) is 30.5 Å². The second-order valence-corrected chi connectivity index (χ2v) is 5.77. The van der Waals surface area contributed by atoms with Gasteiger partial charge in [-0.1, -0.05) is 29.0 Å². The average molecular weight is 322 g/mol. The Morgan fingerprint density at radius 2 is 2.14 bits per heavy atom. The summed E-state index contributed by atoms with van der Waals surface area (Å²) in [7, 11) is 0. The molecule has 3 aromatic rings. The molecule has 0 aliphatic carbocycles. The molecule has 7 heteroatoms. The SMILES string of the molecule is CC(=O)Nc1nc2ccc(-c3cnc(Cl)c(F)c3)cc2s1. The van der Waals surface area contributed by atoms with E-state index >= 15 is 0 Å². The lowest BCUT2D eigenvalue weighted by Crippen LogP contribution is -2.04. The minimum atomic E-state index is -0.558. The van der Waals surface area contributed by atoms with E-state index in [1.807, 2.05) is 18.2 Å². The Balaban J connectivity index is 2.03. The van der Waals surface area contributed by atoms with Gasteiger partial charge < -0.3 is 5.32 Å². The highest BCUT2D eigenvalue weighted by molar-refractivity contribution is 7.22. The van der Waals surface area contributed by atoms with Crippen molar-refractivity contribution in [3.05, 3.63) is 41.4 Å². The van der Waals surface area contributed by atoms with Crippen molar-refractivity contribution < 1.29 is 9.18 Å². The van der Waals surface area contributed by atoms with Gasteiger partial charge in [-0.15, -0.1) is 0 Å². The zero-order valence-electron chi connectivity index (χ0n) is 10.9. The van der Waals surface area contributed by atoms with Gasteiger partial charge >= 0.3 is 0 Å².